The largest absolute Gasteiger partial charge is 0.491 e. The van der Waals surface area contributed by atoms with Crippen LogP contribution in [-0.4, -0.2) is 236 Å². The molecule has 16 heterocycles. The number of carbonyl (C=O) groups excluding carboxylic acids is 3. The highest BCUT2D eigenvalue weighted by molar-refractivity contribution is 9.10. The van der Waals surface area contributed by atoms with Crippen molar-refractivity contribution in [2.24, 2.45) is 47.3 Å². The van der Waals surface area contributed by atoms with Crippen LogP contribution in [0.15, 0.2) is 124 Å². The topological polar surface area (TPSA) is 318 Å². The second-order valence-corrected chi connectivity index (χ2v) is 42.2. The number of rotatable bonds is 13. The zero-order valence-corrected chi connectivity index (χ0v) is 81.9. The summed E-state index contributed by atoms with van der Waals surface area (Å²) in [6, 6.07) is 17.5. The number of halogens is 10. The van der Waals surface area contributed by atoms with Crippen LogP contribution < -0.4 is 29.7 Å². The Labute approximate surface area is 818 Å². The normalized spacial score (nSPS) is 23.1. The Morgan fingerprint density at radius 3 is 1.04 bits per heavy atom. The van der Waals surface area contributed by atoms with Crippen LogP contribution in [0.3, 0.4) is 0 Å². The maximum atomic E-state index is 14.6. The van der Waals surface area contributed by atoms with Crippen LogP contribution in [0.25, 0.3) is 74.2 Å². The van der Waals surface area contributed by atoms with Gasteiger partial charge >= 0.3 is 25.4 Å². The predicted octanol–water partition coefficient (Wildman–Crippen LogP) is 18.6. The molecule has 134 heavy (non-hydrogen) atoms. The summed E-state index contributed by atoms with van der Waals surface area (Å²) >= 11 is 32.5. The fourth-order valence-corrected chi connectivity index (χ4v) is 22.4. The van der Waals surface area contributed by atoms with Gasteiger partial charge in [0.2, 0.25) is 23.5 Å². The first-order valence-electron chi connectivity index (χ1n) is 43.1. The molecule has 1 aliphatic carbocycles. The Bertz CT molecular complexity index is 6030. The molecular weight excluding hydrogens is 1990 g/mol. The Balaban J connectivity index is 0.000000125. The number of hydrogen-bond acceptors (Lipinski definition) is 29. The molecule has 28 nitrogen and oxygen atoms in total. The summed E-state index contributed by atoms with van der Waals surface area (Å²) in [6.45, 7) is 22.5. The Morgan fingerprint density at radius 1 is 0.433 bits per heavy atom. The maximum absolute atomic E-state index is 14.6. The van der Waals surface area contributed by atoms with E-state index in [1.807, 2.05) is 70.0 Å². The van der Waals surface area contributed by atoms with Crippen LogP contribution in [-0.2, 0) is 33.2 Å². The molecule has 21 rings (SSSR count). The number of nitrogens with one attached hydrogen (secondary N) is 1. The molecule has 1 saturated carbocycles. The predicted molar refractivity (Wildman–Crippen MR) is 510 cm³/mol. The van der Waals surface area contributed by atoms with Crippen LogP contribution >= 0.6 is 120 Å². The van der Waals surface area contributed by atoms with E-state index in [1.54, 1.807) is 62.4 Å². The fourth-order valence-electron chi connectivity index (χ4n) is 17.4. The standard InChI is InChI=1S/C24H23ClFN3O4S.C24H25ClFN3O4S.C19H17ClFN3O2S.C18H22BrN3O4S.C6H5BClFO2.ClH/c1-24(4-5-24)33-23(30)29-7-13-9-31-10-14(8-29)20(13)32-22-21-19(27-12-28-22)17(11-34-21)16-3-2-15(25)6-18(16)26;1-24(2,3)33-23(30)29-7-13-9-31-10-14(8-29)20(13)32-22-21-19(27-12-28-22)17(11-34-21)16-5-4-15(25)6-18(16)26;20-12-1-2-13(15(21)3-12)14-8-27-18-16(14)23-9-24-19(18)26-17-10-4-22-5-11(17)7-25-6-10;1-18(2,3)26-17(23)22-4-10-6-24-7-11(5-22)14(10)25-16-15-13(20-9-21-16)12(19)8-27-15;8-4-1-2-5(7(10)11)6(9)3-4;/h2-3,6,11-14,20H,4-5,7-10H2,1H3;4-6,11-14,20H,7-10H2,1-3H3;1-3,8-11,17,22H,4-7H2;8-11,14H,4-7H2,1-3H3;1-3,10-11H;1H. The average molecular weight is 2080 g/mol. The second-order valence-electron chi connectivity index (χ2n) is 36.1. The molecule has 8 atom stereocenters. The van der Waals surface area contributed by atoms with Gasteiger partial charge in [0.05, 0.1) is 73.9 Å². The van der Waals surface area contributed by atoms with Crippen molar-refractivity contribution < 1.29 is 94.1 Å². The minimum absolute atomic E-state index is 0. The number of nitrogens with zero attached hydrogens (tertiary/aromatic N) is 11. The van der Waals surface area contributed by atoms with E-state index < -0.39 is 35.8 Å². The van der Waals surface area contributed by atoms with Crippen LogP contribution in [0, 0.1) is 70.6 Å². The van der Waals surface area contributed by atoms with E-state index in [-0.39, 0.29) is 113 Å². The van der Waals surface area contributed by atoms with E-state index in [9.17, 15) is 31.9 Å². The van der Waals surface area contributed by atoms with Crippen molar-refractivity contribution in [2.75, 3.05) is 105 Å². The molecule has 4 aromatic carbocycles. The van der Waals surface area contributed by atoms with Gasteiger partial charge in [0, 0.05) is 180 Å². The lowest BCUT2D eigenvalue weighted by Crippen LogP contribution is -2.59. The number of aromatic nitrogens is 8. The lowest BCUT2D eigenvalue weighted by Gasteiger charge is -2.46. The zero-order chi connectivity index (χ0) is 93.5. The quantitative estimate of drug-likeness (QED) is 0.0548. The van der Waals surface area contributed by atoms with Crippen LogP contribution in [0.5, 0.6) is 23.5 Å². The summed E-state index contributed by atoms with van der Waals surface area (Å²) in [4.78, 5) is 78.1. The van der Waals surface area contributed by atoms with Gasteiger partial charge in [-0.3, -0.25) is 0 Å². The van der Waals surface area contributed by atoms with Gasteiger partial charge in [0.25, 0.3) is 0 Å². The summed E-state index contributed by atoms with van der Waals surface area (Å²) in [5.41, 5.74) is 4.70. The van der Waals surface area contributed by atoms with Gasteiger partial charge < -0.3 is 82.2 Å². The molecule has 3 N–H and O–H groups in total. The molecule has 0 radical (unpaired) electrons. The molecule has 12 aromatic rings. The van der Waals surface area contributed by atoms with Crippen molar-refractivity contribution >= 4 is 192 Å². The monoisotopic (exact) mass is 2080 g/mol. The smallest absolute Gasteiger partial charge is 0.472 e. The first kappa shape index (κ1) is 98.5. The third kappa shape index (κ3) is 22.7. The van der Waals surface area contributed by atoms with Gasteiger partial charge in [-0.05, 0) is 144 Å². The number of ether oxygens (including phenoxy) is 11. The Morgan fingerprint density at radius 2 is 0.724 bits per heavy atom. The van der Waals surface area contributed by atoms with E-state index in [0.29, 0.717) is 187 Å². The van der Waals surface area contributed by atoms with Gasteiger partial charge in [-0.2, -0.15) is 0 Å². The first-order chi connectivity index (χ1) is 63.7. The van der Waals surface area contributed by atoms with Crippen molar-refractivity contribution in [3.8, 4) is 56.9 Å². The van der Waals surface area contributed by atoms with Crippen molar-refractivity contribution in [1.29, 1.82) is 0 Å². The van der Waals surface area contributed by atoms with Gasteiger partial charge in [0.15, 0.2) is 0 Å². The minimum Gasteiger partial charge on any atom is -0.472 e. The molecule has 710 valence electrons. The summed E-state index contributed by atoms with van der Waals surface area (Å²) < 4.78 is 126. The maximum Gasteiger partial charge on any atom is 0.491 e. The number of amides is 3. The summed E-state index contributed by atoms with van der Waals surface area (Å²) in [5.74, 6) is 0.949. The van der Waals surface area contributed by atoms with E-state index in [2.05, 4.69) is 61.1 Å². The van der Waals surface area contributed by atoms with Crippen LogP contribution in [0.2, 0.25) is 20.1 Å². The average Bonchev–Trinajstić information content (AvgIpc) is 1.65. The summed E-state index contributed by atoms with van der Waals surface area (Å²) in [5, 5.41) is 29.4. The molecule has 8 aliphatic heterocycles. The Kier molecular flexibility index (Phi) is 30.9. The molecule has 3 amide bonds. The third-order valence-electron chi connectivity index (χ3n) is 23.9. The molecule has 8 aromatic heterocycles. The Hall–Kier alpha value is -8.52. The number of benzene rings is 4. The van der Waals surface area contributed by atoms with Gasteiger partial charge in [-0.15, -0.1) is 57.8 Å². The van der Waals surface area contributed by atoms with Crippen LogP contribution in [0.1, 0.15) is 61.3 Å². The molecule has 8 bridgehead atoms. The summed E-state index contributed by atoms with van der Waals surface area (Å²) in [7, 11) is -1.78. The van der Waals surface area contributed by atoms with Crippen LogP contribution in [0.4, 0.5) is 31.9 Å². The highest BCUT2D eigenvalue weighted by atomic mass is 79.9. The number of likely N-dealkylation sites (tertiary alicyclic amines) is 3. The number of piperidine rings is 4. The number of carbonyl (C=O) groups is 3. The fraction of sp³-hybridized carbons (Fsp3) is 0.440. The third-order valence-corrected chi connectivity index (χ3v) is 29.6. The second kappa shape index (κ2) is 42.0. The van der Waals surface area contributed by atoms with E-state index in [1.165, 1.54) is 89.7 Å². The molecular formula is C91H93BBrCl5F4N12O16S4. The van der Waals surface area contributed by atoms with E-state index in [4.69, 9.17) is 109 Å². The highest BCUT2D eigenvalue weighted by Gasteiger charge is 2.50. The van der Waals surface area contributed by atoms with Gasteiger partial charge in [0.1, 0.15) is 114 Å². The van der Waals surface area contributed by atoms with Crippen molar-refractivity contribution in [3.05, 3.63) is 167 Å². The van der Waals surface area contributed by atoms with Crippen molar-refractivity contribution in [2.45, 2.75) is 103 Å². The van der Waals surface area contributed by atoms with Gasteiger partial charge in [-0.25, -0.2) is 71.8 Å². The summed E-state index contributed by atoms with van der Waals surface area (Å²) in [6.07, 6.45) is 6.58. The highest BCUT2D eigenvalue weighted by Crippen LogP contribution is 2.47. The van der Waals surface area contributed by atoms with Crippen molar-refractivity contribution in [1.82, 2.24) is 59.9 Å². The van der Waals surface area contributed by atoms with E-state index in [0.717, 1.165) is 66.4 Å². The lowest BCUT2D eigenvalue weighted by molar-refractivity contribution is -0.113. The molecule has 8 saturated heterocycles. The minimum atomic E-state index is -1.78. The number of thiophene rings is 4. The molecule has 9 aliphatic rings. The van der Waals surface area contributed by atoms with Gasteiger partial charge in [-0.1, -0.05) is 52.5 Å². The molecule has 9 fully saturated rings. The molecule has 8 unspecified atom stereocenters. The lowest BCUT2D eigenvalue weighted by atomic mass is 9.80. The number of fused-ring (bicyclic) bond motifs is 12. The number of hydrogen-bond donors (Lipinski definition) is 3. The SMILES string of the molecule is CC(C)(C)OC(=O)N1CC2COCC(C1)C2Oc1ncnc2c(-c3ccc(Cl)cc3F)csc12.CC(C)(C)OC(=O)N1CC2COCC(C1)C2Oc1ncnc2c(Br)csc12.CC1(OC(=O)N2CC3COCC(C2)C3Oc2ncnc3c(-c4ccc(Cl)cc4F)csc23)CC1.Cl.Fc1cc(Cl)ccc1-c1csc2c(OC3C4CNCC3COC4)ncnc12.OB(O)c1ccc(Cl)cc1F. The first-order valence-corrected chi connectivity index (χ1v) is 48.9. The molecule has 0 spiro atoms. The molecule has 43 heteroatoms. The zero-order valence-electron chi connectivity index (χ0n) is 73.3. The van der Waals surface area contributed by atoms with E-state index >= 15 is 0 Å². The van der Waals surface area contributed by atoms with Crippen molar-refractivity contribution in [3.63, 3.8) is 0 Å².